The van der Waals surface area contributed by atoms with E-state index in [4.69, 9.17) is 0 Å². The van der Waals surface area contributed by atoms with Gasteiger partial charge in [0.2, 0.25) is 0 Å². The molecule has 2 aromatic rings. The number of hydrogen-bond acceptors (Lipinski definition) is 4. The topological polar surface area (TPSA) is 71.2 Å². The molecule has 0 saturated heterocycles. The normalized spacial score (nSPS) is 18.6. The van der Waals surface area contributed by atoms with Crippen molar-refractivity contribution in [2.24, 2.45) is 0 Å². The summed E-state index contributed by atoms with van der Waals surface area (Å²) in [6.07, 6.45) is 1.91. The molecule has 5 heteroatoms. The summed E-state index contributed by atoms with van der Waals surface area (Å²) < 4.78 is 2.00. The summed E-state index contributed by atoms with van der Waals surface area (Å²) in [6, 6.07) is 7.07. The van der Waals surface area contributed by atoms with Gasteiger partial charge in [-0.3, -0.25) is 0 Å². The Morgan fingerprint density at radius 1 is 1.22 bits per heavy atom. The third-order valence-corrected chi connectivity index (χ3v) is 3.30. The fourth-order valence-electron chi connectivity index (χ4n) is 2.29. The molecule has 2 N–H and O–H groups in total. The number of nitrogens with zero attached hydrogens (tertiary/aromatic N) is 3. The maximum atomic E-state index is 9.69. The van der Waals surface area contributed by atoms with Crippen molar-refractivity contribution >= 4 is 0 Å². The Labute approximate surface area is 105 Å². The van der Waals surface area contributed by atoms with Crippen LogP contribution in [0.25, 0.3) is 0 Å². The van der Waals surface area contributed by atoms with E-state index in [1.165, 1.54) is 0 Å². The standard InChI is InChI=1S/C13H15N3O2/c17-10-3-1-9(2-4-10)7-13-15-14-12-6-5-11(18)8-16(12)13/h1-4,11,17-18H,5-8H2. The highest BCUT2D eigenvalue weighted by molar-refractivity contribution is 5.28. The average Bonchev–Trinajstić information content (AvgIpc) is 2.75. The zero-order chi connectivity index (χ0) is 12.5. The van der Waals surface area contributed by atoms with E-state index < -0.39 is 0 Å². The van der Waals surface area contributed by atoms with E-state index in [-0.39, 0.29) is 11.9 Å². The van der Waals surface area contributed by atoms with Gasteiger partial charge in [0.15, 0.2) is 0 Å². The lowest BCUT2D eigenvalue weighted by Gasteiger charge is -2.19. The molecule has 1 aliphatic rings. The molecular weight excluding hydrogens is 230 g/mol. The number of fused-ring (bicyclic) bond motifs is 1. The minimum absolute atomic E-state index is 0.262. The molecule has 0 bridgehead atoms. The summed E-state index contributed by atoms with van der Waals surface area (Å²) in [5, 5.41) is 27.3. The highest BCUT2D eigenvalue weighted by atomic mass is 16.3. The third-order valence-electron chi connectivity index (χ3n) is 3.30. The first-order valence-corrected chi connectivity index (χ1v) is 6.09. The Morgan fingerprint density at radius 3 is 2.78 bits per heavy atom. The van der Waals surface area contributed by atoms with Crippen LogP contribution in [0.1, 0.15) is 23.6 Å². The molecule has 0 saturated carbocycles. The van der Waals surface area contributed by atoms with Gasteiger partial charge < -0.3 is 14.8 Å². The number of aryl methyl sites for hydroxylation is 1. The fourth-order valence-corrected chi connectivity index (χ4v) is 2.29. The first-order valence-electron chi connectivity index (χ1n) is 6.09. The number of benzene rings is 1. The smallest absolute Gasteiger partial charge is 0.137 e. The van der Waals surface area contributed by atoms with E-state index in [0.717, 1.165) is 30.1 Å². The second-order valence-electron chi connectivity index (χ2n) is 4.68. The molecule has 1 unspecified atom stereocenters. The van der Waals surface area contributed by atoms with Gasteiger partial charge in [0.05, 0.1) is 12.6 Å². The lowest BCUT2D eigenvalue weighted by Crippen LogP contribution is -2.25. The van der Waals surface area contributed by atoms with Crippen LogP contribution >= 0.6 is 0 Å². The molecule has 0 radical (unpaired) electrons. The first-order chi connectivity index (χ1) is 8.72. The van der Waals surface area contributed by atoms with E-state index in [0.29, 0.717) is 13.0 Å². The van der Waals surface area contributed by atoms with Crippen molar-refractivity contribution in [3.63, 3.8) is 0 Å². The van der Waals surface area contributed by atoms with Gasteiger partial charge in [0.25, 0.3) is 0 Å². The molecule has 94 valence electrons. The number of hydrogen-bond donors (Lipinski definition) is 2. The SMILES string of the molecule is Oc1ccc(Cc2nnc3n2CC(O)CC3)cc1. The minimum atomic E-state index is -0.299. The van der Waals surface area contributed by atoms with Gasteiger partial charge in [-0.25, -0.2) is 0 Å². The second-order valence-corrected chi connectivity index (χ2v) is 4.68. The number of aliphatic hydroxyl groups excluding tert-OH is 1. The zero-order valence-electron chi connectivity index (χ0n) is 9.95. The molecular formula is C13H15N3O2. The number of aliphatic hydroxyl groups is 1. The highest BCUT2D eigenvalue weighted by Gasteiger charge is 2.21. The van der Waals surface area contributed by atoms with Crippen LogP contribution in [0.5, 0.6) is 5.75 Å². The van der Waals surface area contributed by atoms with Crippen LogP contribution in [0.15, 0.2) is 24.3 Å². The molecule has 18 heavy (non-hydrogen) atoms. The summed E-state index contributed by atoms with van der Waals surface area (Å²) in [7, 11) is 0. The molecule has 1 aromatic carbocycles. The molecule has 0 amide bonds. The quantitative estimate of drug-likeness (QED) is 0.824. The Bertz CT molecular complexity index is 548. The predicted octanol–water partition coefficient (Wildman–Crippen LogP) is 0.882. The van der Waals surface area contributed by atoms with E-state index in [1.54, 1.807) is 12.1 Å². The molecule has 1 aliphatic heterocycles. The van der Waals surface area contributed by atoms with Gasteiger partial charge >= 0.3 is 0 Å². The van der Waals surface area contributed by atoms with E-state index >= 15 is 0 Å². The Balaban J connectivity index is 1.85. The van der Waals surface area contributed by atoms with Crippen LogP contribution in [-0.2, 0) is 19.4 Å². The average molecular weight is 245 g/mol. The number of rotatable bonds is 2. The molecule has 0 spiro atoms. The van der Waals surface area contributed by atoms with Crippen molar-refractivity contribution in [3.05, 3.63) is 41.5 Å². The van der Waals surface area contributed by atoms with Gasteiger partial charge in [-0.1, -0.05) is 12.1 Å². The minimum Gasteiger partial charge on any atom is -0.508 e. The summed E-state index contributed by atoms with van der Waals surface area (Å²) in [4.78, 5) is 0. The molecule has 2 heterocycles. The van der Waals surface area contributed by atoms with Crippen molar-refractivity contribution in [2.75, 3.05) is 0 Å². The van der Waals surface area contributed by atoms with Crippen molar-refractivity contribution in [2.45, 2.75) is 31.9 Å². The fraction of sp³-hybridized carbons (Fsp3) is 0.385. The van der Waals surface area contributed by atoms with Gasteiger partial charge in [-0.15, -0.1) is 10.2 Å². The Kier molecular flexibility index (Phi) is 2.76. The van der Waals surface area contributed by atoms with E-state index in [1.807, 2.05) is 16.7 Å². The van der Waals surface area contributed by atoms with Crippen molar-refractivity contribution < 1.29 is 10.2 Å². The van der Waals surface area contributed by atoms with Crippen LogP contribution < -0.4 is 0 Å². The summed E-state index contributed by atoms with van der Waals surface area (Å²) in [5.74, 6) is 2.08. The molecule has 0 aliphatic carbocycles. The van der Waals surface area contributed by atoms with Crippen LogP contribution in [0.2, 0.25) is 0 Å². The number of phenols is 1. The predicted molar refractivity (Wildman–Crippen MR) is 65.3 cm³/mol. The monoisotopic (exact) mass is 245 g/mol. The molecule has 1 atom stereocenters. The zero-order valence-corrected chi connectivity index (χ0v) is 9.95. The Hall–Kier alpha value is -1.88. The summed E-state index contributed by atoms with van der Waals surface area (Å²) in [5.41, 5.74) is 1.07. The Morgan fingerprint density at radius 2 is 2.00 bits per heavy atom. The van der Waals surface area contributed by atoms with Crippen LogP contribution in [0.4, 0.5) is 0 Å². The summed E-state index contributed by atoms with van der Waals surface area (Å²) in [6.45, 7) is 0.579. The number of aromatic hydroxyl groups is 1. The van der Waals surface area contributed by atoms with Gasteiger partial charge in [0, 0.05) is 12.8 Å². The highest BCUT2D eigenvalue weighted by Crippen LogP contribution is 2.18. The van der Waals surface area contributed by atoms with E-state index in [9.17, 15) is 10.2 Å². The van der Waals surface area contributed by atoms with Crippen molar-refractivity contribution in [1.29, 1.82) is 0 Å². The van der Waals surface area contributed by atoms with Crippen LogP contribution in [-0.4, -0.2) is 31.1 Å². The number of phenolic OH excluding ortho intramolecular Hbond substituents is 1. The first kappa shape index (κ1) is 11.2. The van der Waals surface area contributed by atoms with Crippen molar-refractivity contribution in [3.8, 4) is 5.75 Å². The number of aromatic nitrogens is 3. The maximum Gasteiger partial charge on any atom is 0.137 e. The van der Waals surface area contributed by atoms with Gasteiger partial charge in [0.1, 0.15) is 17.4 Å². The van der Waals surface area contributed by atoms with Crippen LogP contribution in [0.3, 0.4) is 0 Å². The molecule has 0 fully saturated rings. The van der Waals surface area contributed by atoms with E-state index in [2.05, 4.69) is 10.2 Å². The molecule has 5 nitrogen and oxygen atoms in total. The van der Waals surface area contributed by atoms with Gasteiger partial charge in [-0.2, -0.15) is 0 Å². The lowest BCUT2D eigenvalue weighted by molar-refractivity contribution is 0.129. The van der Waals surface area contributed by atoms with Gasteiger partial charge in [-0.05, 0) is 24.1 Å². The second kappa shape index (κ2) is 4.42. The molecule has 1 aromatic heterocycles. The largest absolute Gasteiger partial charge is 0.508 e. The summed E-state index contributed by atoms with van der Waals surface area (Å²) >= 11 is 0. The van der Waals surface area contributed by atoms with Crippen molar-refractivity contribution in [1.82, 2.24) is 14.8 Å². The third kappa shape index (κ3) is 2.09. The van der Waals surface area contributed by atoms with Crippen LogP contribution in [0, 0.1) is 0 Å². The lowest BCUT2D eigenvalue weighted by atomic mass is 10.1. The molecule has 3 rings (SSSR count). The maximum absolute atomic E-state index is 9.69.